The number of rotatable bonds is 3. The molecule has 1 unspecified atom stereocenters. The summed E-state index contributed by atoms with van der Waals surface area (Å²) in [6, 6.07) is 18.4. The molecule has 0 aliphatic carbocycles. The normalized spacial score (nSPS) is 18.8. The highest BCUT2D eigenvalue weighted by Gasteiger charge is 2.36. The Bertz CT molecular complexity index is 1090. The van der Waals surface area contributed by atoms with Gasteiger partial charge in [-0.3, -0.25) is 4.90 Å². The molecular formula is C20H15ClN4S2. The molecule has 0 fully saturated rings. The molecule has 0 amide bonds. The molecule has 2 aliphatic heterocycles. The van der Waals surface area contributed by atoms with Crippen molar-refractivity contribution in [1.29, 1.82) is 0 Å². The number of fused-ring (bicyclic) bond motifs is 1. The van der Waals surface area contributed by atoms with Crippen LogP contribution in [0.1, 0.15) is 22.2 Å². The lowest BCUT2D eigenvalue weighted by atomic mass is 10.1. The molecule has 0 saturated heterocycles. The summed E-state index contributed by atoms with van der Waals surface area (Å²) in [6.07, 6.45) is 4.23. The van der Waals surface area contributed by atoms with Gasteiger partial charge in [0, 0.05) is 23.7 Å². The Labute approximate surface area is 170 Å². The number of hydrogen-bond donors (Lipinski definition) is 0. The first kappa shape index (κ1) is 16.9. The van der Waals surface area contributed by atoms with Gasteiger partial charge in [-0.25, -0.2) is 4.99 Å². The van der Waals surface area contributed by atoms with Gasteiger partial charge in [-0.15, -0.1) is 11.3 Å². The van der Waals surface area contributed by atoms with E-state index in [9.17, 15) is 0 Å². The summed E-state index contributed by atoms with van der Waals surface area (Å²) < 4.78 is 7.60. The van der Waals surface area contributed by atoms with Crippen molar-refractivity contribution >= 4 is 51.6 Å². The Morgan fingerprint density at radius 2 is 1.89 bits per heavy atom. The van der Waals surface area contributed by atoms with Crippen LogP contribution in [0.5, 0.6) is 0 Å². The monoisotopic (exact) mass is 410 g/mol. The van der Waals surface area contributed by atoms with E-state index in [4.69, 9.17) is 21.0 Å². The average molecular weight is 411 g/mol. The third-order valence-electron chi connectivity index (χ3n) is 4.58. The maximum absolute atomic E-state index is 6.25. The molecule has 134 valence electrons. The Morgan fingerprint density at radius 1 is 1.04 bits per heavy atom. The second kappa shape index (κ2) is 6.71. The predicted octanol–water partition coefficient (Wildman–Crippen LogP) is 5.60. The van der Waals surface area contributed by atoms with Crippen LogP contribution < -0.4 is 0 Å². The fourth-order valence-corrected chi connectivity index (χ4v) is 5.21. The van der Waals surface area contributed by atoms with E-state index in [2.05, 4.69) is 39.8 Å². The highest BCUT2D eigenvalue weighted by Crippen LogP contribution is 2.42. The summed E-state index contributed by atoms with van der Waals surface area (Å²) >= 11 is 9.27. The number of hydrogen-bond acceptors (Lipinski definition) is 5. The van der Waals surface area contributed by atoms with Crippen molar-refractivity contribution < 1.29 is 0 Å². The van der Waals surface area contributed by atoms with Crippen LogP contribution in [-0.2, 0) is 7.05 Å². The van der Waals surface area contributed by atoms with E-state index in [1.807, 2.05) is 43.6 Å². The smallest absolute Gasteiger partial charge is 0.194 e. The van der Waals surface area contributed by atoms with Crippen molar-refractivity contribution in [1.82, 2.24) is 9.47 Å². The van der Waals surface area contributed by atoms with Crippen LogP contribution in [0.4, 0.5) is 0 Å². The van der Waals surface area contributed by atoms with Crippen molar-refractivity contribution in [2.45, 2.75) is 6.04 Å². The maximum atomic E-state index is 6.25. The fourth-order valence-electron chi connectivity index (χ4n) is 3.30. The summed E-state index contributed by atoms with van der Waals surface area (Å²) in [5.41, 5.74) is 3.13. The van der Waals surface area contributed by atoms with Gasteiger partial charge in [0.15, 0.2) is 11.0 Å². The summed E-state index contributed by atoms with van der Waals surface area (Å²) in [6.45, 7) is 0. The number of halogens is 1. The second-order valence-corrected chi connectivity index (χ2v) is 8.76. The van der Waals surface area contributed by atoms with Gasteiger partial charge in [0.05, 0.1) is 33.7 Å². The molecule has 2 aromatic heterocycles. The van der Waals surface area contributed by atoms with Gasteiger partial charge < -0.3 is 4.57 Å². The molecule has 0 bridgehead atoms. The number of amidine groups is 2. The molecule has 4 nitrogen and oxygen atoms in total. The zero-order valence-corrected chi connectivity index (χ0v) is 16.8. The zero-order valence-electron chi connectivity index (χ0n) is 14.4. The minimum Gasteiger partial charge on any atom is -0.349 e. The van der Waals surface area contributed by atoms with Crippen LogP contribution in [0.25, 0.3) is 5.70 Å². The topological polar surface area (TPSA) is 32.9 Å². The first-order valence-electron chi connectivity index (χ1n) is 8.48. The second-order valence-electron chi connectivity index (χ2n) is 6.28. The molecule has 1 atom stereocenters. The van der Waals surface area contributed by atoms with Crippen molar-refractivity contribution in [3.8, 4) is 0 Å². The molecule has 4 heterocycles. The van der Waals surface area contributed by atoms with Gasteiger partial charge in [0.2, 0.25) is 0 Å². The maximum Gasteiger partial charge on any atom is 0.194 e. The Kier molecular flexibility index (Phi) is 4.19. The van der Waals surface area contributed by atoms with Gasteiger partial charge in [0.1, 0.15) is 0 Å². The van der Waals surface area contributed by atoms with Crippen LogP contribution in [0.3, 0.4) is 0 Å². The summed E-state index contributed by atoms with van der Waals surface area (Å²) in [4.78, 5) is 8.28. The van der Waals surface area contributed by atoms with Crippen LogP contribution in [0, 0.1) is 0 Å². The number of nitrogens with zero attached hydrogens (tertiary/aromatic N) is 4. The summed E-state index contributed by atoms with van der Waals surface area (Å²) in [5.74, 6) is 0.927. The number of benzene rings is 1. The fraction of sp³-hybridized carbons (Fsp3) is 0.100. The number of aliphatic imine (C=N–C) groups is 1. The van der Waals surface area contributed by atoms with E-state index in [1.54, 1.807) is 11.3 Å². The first-order chi connectivity index (χ1) is 13.2. The van der Waals surface area contributed by atoms with E-state index >= 15 is 0 Å². The van der Waals surface area contributed by atoms with Gasteiger partial charge in [-0.2, -0.15) is 4.40 Å². The van der Waals surface area contributed by atoms with E-state index in [0.29, 0.717) is 0 Å². The molecule has 2 aliphatic rings. The Morgan fingerprint density at radius 3 is 2.59 bits per heavy atom. The molecule has 7 heteroatoms. The van der Waals surface area contributed by atoms with E-state index in [0.717, 1.165) is 32.3 Å². The molecule has 0 saturated carbocycles. The van der Waals surface area contributed by atoms with E-state index in [-0.39, 0.29) is 6.04 Å². The predicted molar refractivity (Wildman–Crippen MR) is 115 cm³/mol. The van der Waals surface area contributed by atoms with Crippen molar-refractivity contribution in [2.24, 2.45) is 16.4 Å². The van der Waals surface area contributed by atoms with Crippen molar-refractivity contribution in [2.75, 3.05) is 0 Å². The minimum absolute atomic E-state index is 0.00820. The van der Waals surface area contributed by atoms with E-state index in [1.165, 1.54) is 16.8 Å². The molecule has 3 aromatic rings. The molecule has 5 rings (SSSR count). The molecular weight excluding hydrogens is 396 g/mol. The summed E-state index contributed by atoms with van der Waals surface area (Å²) in [5, 5.41) is 0.891. The quantitative estimate of drug-likeness (QED) is 0.526. The van der Waals surface area contributed by atoms with E-state index < -0.39 is 0 Å². The SMILES string of the molecule is Cn1cccc1C1=CC(c2ccc(Cl)s2)N2C(=N1)SN=C2c1ccccc1. The number of aryl methyl sites for hydroxylation is 1. The van der Waals surface area contributed by atoms with Gasteiger partial charge in [-0.05, 0) is 30.3 Å². The standard InChI is InChI=1S/C20H15ClN4S2/c1-24-11-5-8-15(24)14-12-16(17-9-10-18(21)26-17)25-19(23-27-20(25)22-14)13-6-3-2-4-7-13/h2-12,16H,1H3. The minimum atomic E-state index is 0.00820. The van der Waals surface area contributed by atoms with Gasteiger partial charge in [0.25, 0.3) is 0 Å². The molecule has 27 heavy (non-hydrogen) atoms. The first-order valence-corrected chi connectivity index (χ1v) is 10.4. The third-order valence-corrected chi connectivity index (χ3v) is 6.60. The lowest BCUT2D eigenvalue weighted by molar-refractivity contribution is 0.545. The molecule has 1 aromatic carbocycles. The number of aromatic nitrogens is 1. The third kappa shape index (κ3) is 2.94. The highest BCUT2D eigenvalue weighted by molar-refractivity contribution is 8.13. The zero-order chi connectivity index (χ0) is 18.4. The Hall–Kier alpha value is -2.28. The number of thiophene rings is 1. The van der Waals surface area contributed by atoms with Crippen LogP contribution in [-0.4, -0.2) is 20.5 Å². The lowest BCUT2D eigenvalue weighted by Gasteiger charge is -2.31. The average Bonchev–Trinajstić information content (AvgIpc) is 3.41. The largest absolute Gasteiger partial charge is 0.349 e. The van der Waals surface area contributed by atoms with Crippen LogP contribution >= 0.6 is 34.9 Å². The van der Waals surface area contributed by atoms with Crippen molar-refractivity contribution in [3.05, 3.63) is 87.3 Å². The van der Waals surface area contributed by atoms with Crippen LogP contribution in [0.15, 0.2) is 76.3 Å². The molecule has 0 N–H and O–H groups in total. The lowest BCUT2D eigenvalue weighted by Crippen LogP contribution is -2.36. The Balaban J connectivity index is 1.63. The van der Waals surface area contributed by atoms with Gasteiger partial charge in [-0.1, -0.05) is 41.9 Å². The van der Waals surface area contributed by atoms with Crippen molar-refractivity contribution in [3.63, 3.8) is 0 Å². The van der Waals surface area contributed by atoms with Crippen LogP contribution in [0.2, 0.25) is 4.34 Å². The molecule has 0 spiro atoms. The van der Waals surface area contributed by atoms with Gasteiger partial charge >= 0.3 is 0 Å². The summed E-state index contributed by atoms with van der Waals surface area (Å²) in [7, 11) is 2.04. The molecule has 0 radical (unpaired) electrons. The highest BCUT2D eigenvalue weighted by atomic mass is 35.5.